The van der Waals surface area contributed by atoms with Crippen LogP contribution in [0, 0.1) is 13.8 Å². The van der Waals surface area contributed by atoms with Crippen LogP contribution < -0.4 is 0 Å². The molecule has 1 unspecified atom stereocenters. The molecule has 0 spiro atoms. The molecule has 102 valence electrons. The van der Waals surface area contributed by atoms with Crippen molar-refractivity contribution in [3.8, 4) is 0 Å². The van der Waals surface area contributed by atoms with E-state index in [9.17, 15) is 5.11 Å². The first-order valence-corrected chi connectivity index (χ1v) is 6.86. The van der Waals surface area contributed by atoms with Gasteiger partial charge in [0.25, 0.3) is 0 Å². The second kappa shape index (κ2) is 5.76. The predicted molar refractivity (Wildman–Crippen MR) is 77.5 cm³/mol. The summed E-state index contributed by atoms with van der Waals surface area (Å²) < 4.78 is 1.92. The fourth-order valence-electron chi connectivity index (χ4n) is 2.17. The number of benzene rings is 1. The van der Waals surface area contributed by atoms with Gasteiger partial charge >= 0.3 is 0 Å². The zero-order chi connectivity index (χ0) is 14.0. The van der Waals surface area contributed by atoms with Crippen molar-refractivity contribution < 1.29 is 5.11 Å². The zero-order valence-electron chi connectivity index (χ0n) is 11.5. The lowest BCUT2D eigenvalue weighted by Gasteiger charge is -2.13. The molecule has 19 heavy (non-hydrogen) atoms. The molecule has 1 aromatic carbocycles. The van der Waals surface area contributed by atoms with E-state index in [1.807, 2.05) is 49.7 Å². The zero-order valence-corrected chi connectivity index (χ0v) is 12.3. The highest BCUT2D eigenvalue weighted by molar-refractivity contribution is 6.31. The van der Waals surface area contributed by atoms with Crippen molar-refractivity contribution in [2.75, 3.05) is 0 Å². The molecular formula is C15H19ClN2O. The van der Waals surface area contributed by atoms with Gasteiger partial charge in [0, 0.05) is 23.7 Å². The number of aliphatic hydroxyl groups is 1. The number of aryl methyl sites for hydroxylation is 3. The quantitative estimate of drug-likeness (QED) is 0.930. The second-order valence-electron chi connectivity index (χ2n) is 4.82. The average molecular weight is 279 g/mol. The molecule has 1 N–H and O–H groups in total. The van der Waals surface area contributed by atoms with Crippen LogP contribution in [0.15, 0.2) is 24.3 Å². The number of aromatic nitrogens is 2. The van der Waals surface area contributed by atoms with E-state index < -0.39 is 6.10 Å². The standard InChI is InChI=1S/C15H19ClN2O/c1-4-18-13(7-11(3)17-18)9-15(19)12-6-5-10(2)14(16)8-12/h5-8,15,19H,4,9H2,1-3H3. The molecule has 1 atom stereocenters. The highest BCUT2D eigenvalue weighted by Gasteiger charge is 2.13. The lowest BCUT2D eigenvalue weighted by molar-refractivity contribution is 0.175. The molecule has 3 nitrogen and oxygen atoms in total. The lowest BCUT2D eigenvalue weighted by atomic mass is 10.0. The Morgan fingerprint density at radius 3 is 2.68 bits per heavy atom. The van der Waals surface area contributed by atoms with Gasteiger partial charge < -0.3 is 5.11 Å². The van der Waals surface area contributed by atoms with Crippen molar-refractivity contribution in [2.24, 2.45) is 0 Å². The number of halogens is 1. The molecule has 0 bridgehead atoms. The summed E-state index contributed by atoms with van der Waals surface area (Å²) in [5.74, 6) is 0. The Bertz CT molecular complexity index is 578. The number of rotatable bonds is 4. The molecule has 0 amide bonds. The first-order chi connectivity index (χ1) is 9.01. The van der Waals surface area contributed by atoms with Crippen molar-refractivity contribution in [2.45, 2.75) is 39.8 Å². The minimum Gasteiger partial charge on any atom is -0.388 e. The van der Waals surface area contributed by atoms with E-state index in [1.165, 1.54) is 0 Å². The fourth-order valence-corrected chi connectivity index (χ4v) is 2.36. The second-order valence-corrected chi connectivity index (χ2v) is 5.23. The Kier molecular flexibility index (Phi) is 4.27. The van der Waals surface area contributed by atoms with E-state index >= 15 is 0 Å². The van der Waals surface area contributed by atoms with Gasteiger partial charge in [0.05, 0.1) is 11.8 Å². The van der Waals surface area contributed by atoms with Crippen LogP contribution in [0.4, 0.5) is 0 Å². The number of nitrogens with zero attached hydrogens (tertiary/aromatic N) is 2. The van der Waals surface area contributed by atoms with Gasteiger partial charge in [-0.3, -0.25) is 4.68 Å². The molecule has 0 aliphatic rings. The summed E-state index contributed by atoms with van der Waals surface area (Å²) in [6.45, 7) is 6.77. The maximum absolute atomic E-state index is 10.3. The van der Waals surface area contributed by atoms with E-state index in [0.29, 0.717) is 11.4 Å². The molecule has 0 aliphatic heterocycles. The SMILES string of the molecule is CCn1nc(C)cc1CC(O)c1ccc(C)c(Cl)c1. The monoisotopic (exact) mass is 278 g/mol. The smallest absolute Gasteiger partial charge is 0.0845 e. The molecule has 0 saturated carbocycles. The first-order valence-electron chi connectivity index (χ1n) is 6.48. The fraction of sp³-hybridized carbons (Fsp3) is 0.400. The number of hydrogen-bond acceptors (Lipinski definition) is 2. The van der Waals surface area contributed by atoms with E-state index in [1.54, 1.807) is 0 Å². The maximum Gasteiger partial charge on any atom is 0.0845 e. The van der Waals surface area contributed by atoms with Crippen LogP contribution in [0.3, 0.4) is 0 Å². The van der Waals surface area contributed by atoms with Crippen molar-refractivity contribution in [3.05, 3.63) is 51.8 Å². The minimum absolute atomic E-state index is 0.550. The van der Waals surface area contributed by atoms with Gasteiger partial charge in [-0.1, -0.05) is 23.7 Å². The summed E-state index contributed by atoms with van der Waals surface area (Å²) in [6, 6.07) is 7.71. The van der Waals surface area contributed by atoms with Gasteiger partial charge in [-0.2, -0.15) is 5.10 Å². The number of hydrogen-bond donors (Lipinski definition) is 1. The van der Waals surface area contributed by atoms with Crippen LogP contribution in [0.1, 0.15) is 35.5 Å². The van der Waals surface area contributed by atoms with Crippen LogP contribution in [0.5, 0.6) is 0 Å². The topological polar surface area (TPSA) is 38.0 Å². The highest BCUT2D eigenvalue weighted by Crippen LogP contribution is 2.24. The van der Waals surface area contributed by atoms with Gasteiger partial charge in [0.1, 0.15) is 0 Å². The first kappa shape index (κ1) is 14.1. The summed E-state index contributed by atoms with van der Waals surface area (Å²) in [6.07, 6.45) is -0.00635. The van der Waals surface area contributed by atoms with E-state index in [0.717, 1.165) is 29.1 Å². The largest absolute Gasteiger partial charge is 0.388 e. The summed E-state index contributed by atoms with van der Waals surface area (Å²) in [4.78, 5) is 0. The third-order valence-corrected chi connectivity index (χ3v) is 3.68. The van der Waals surface area contributed by atoms with Crippen molar-refractivity contribution in [3.63, 3.8) is 0 Å². The van der Waals surface area contributed by atoms with Crippen molar-refractivity contribution >= 4 is 11.6 Å². The highest BCUT2D eigenvalue weighted by atomic mass is 35.5. The molecular weight excluding hydrogens is 260 g/mol. The molecule has 2 aromatic rings. The van der Waals surface area contributed by atoms with Gasteiger partial charge in [-0.05, 0) is 44.0 Å². The molecule has 1 heterocycles. The predicted octanol–water partition coefficient (Wildman–Crippen LogP) is 3.45. The third-order valence-electron chi connectivity index (χ3n) is 3.27. The lowest BCUT2D eigenvalue weighted by Crippen LogP contribution is -2.08. The summed E-state index contributed by atoms with van der Waals surface area (Å²) in [5.41, 5.74) is 3.89. The molecule has 1 aromatic heterocycles. The summed E-state index contributed by atoms with van der Waals surface area (Å²) in [7, 11) is 0. The van der Waals surface area contributed by atoms with Gasteiger partial charge in [0.2, 0.25) is 0 Å². The van der Waals surface area contributed by atoms with Gasteiger partial charge in [-0.25, -0.2) is 0 Å². The Labute approximate surface area is 118 Å². The molecule has 2 rings (SSSR count). The summed E-state index contributed by atoms with van der Waals surface area (Å²) >= 11 is 6.09. The Hall–Kier alpha value is -1.32. The van der Waals surface area contributed by atoms with Crippen LogP contribution in [0.2, 0.25) is 5.02 Å². The van der Waals surface area contributed by atoms with Crippen molar-refractivity contribution in [1.29, 1.82) is 0 Å². The van der Waals surface area contributed by atoms with E-state index in [2.05, 4.69) is 5.10 Å². The van der Waals surface area contributed by atoms with Crippen LogP contribution in [-0.4, -0.2) is 14.9 Å². The molecule has 0 radical (unpaired) electrons. The molecule has 4 heteroatoms. The van der Waals surface area contributed by atoms with Crippen LogP contribution >= 0.6 is 11.6 Å². The van der Waals surface area contributed by atoms with E-state index in [4.69, 9.17) is 11.6 Å². The van der Waals surface area contributed by atoms with Crippen molar-refractivity contribution in [1.82, 2.24) is 9.78 Å². The molecule has 0 aliphatic carbocycles. The maximum atomic E-state index is 10.3. The van der Waals surface area contributed by atoms with Gasteiger partial charge in [-0.15, -0.1) is 0 Å². The Morgan fingerprint density at radius 2 is 2.05 bits per heavy atom. The Morgan fingerprint density at radius 1 is 1.32 bits per heavy atom. The van der Waals surface area contributed by atoms with Crippen LogP contribution in [0.25, 0.3) is 0 Å². The van der Waals surface area contributed by atoms with E-state index in [-0.39, 0.29) is 0 Å². The molecule has 0 saturated heterocycles. The number of aliphatic hydroxyl groups excluding tert-OH is 1. The van der Waals surface area contributed by atoms with Crippen LogP contribution in [-0.2, 0) is 13.0 Å². The summed E-state index contributed by atoms with van der Waals surface area (Å²) in [5, 5.41) is 15.4. The van der Waals surface area contributed by atoms with Gasteiger partial charge in [0.15, 0.2) is 0 Å². The average Bonchev–Trinajstić information content (AvgIpc) is 2.72. The normalized spacial score (nSPS) is 12.7. The third kappa shape index (κ3) is 3.17. The molecule has 0 fully saturated rings. The minimum atomic E-state index is -0.556. The Balaban J connectivity index is 2.20.